The van der Waals surface area contributed by atoms with Crippen LogP contribution in [0.1, 0.15) is 41.0 Å². The summed E-state index contributed by atoms with van der Waals surface area (Å²) in [5.74, 6) is 0.635. The fourth-order valence-corrected chi connectivity index (χ4v) is 4.45. The Labute approximate surface area is 162 Å². The Morgan fingerprint density at radius 2 is 2.00 bits per heavy atom. The molecule has 0 unspecified atom stereocenters. The van der Waals surface area contributed by atoms with Gasteiger partial charge in [-0.25, -0.2) is 4.68 Å². The topological polar surface area (TPSA) is 47.4 Å². The van der Waals surface area contributed by atoms with Crippen molar-refractivity contribution in [2.24, 2.45) is 5.92 Å². The largest absolute Gasteiger partial charge is 0.381 e. The lowest BCUT2D eigenvalue weighted by Crippen LogP contribution is -2.52. The molecule has 1 aromatic heterocycles. The molecule has 5 nitrogen and oxygen atoms in total. The average molecular weight is 418 g/mol. The van der Waals surface area contributed by atoms with E-state index >= 15 is 0 Å². The lowest BCUT2D eigenvalue weighted by molar-refractivity contribution is -0.0271. The number of benzene rings is 1. The standard InChI is InChI=1S/C20H24BrN3O2/c1-13-19(21)14(2)24(22-13)17-7-5-15(6-8-17)20(25)23-10-3-4-16-12-26-11-9-18(16)23/h5-8,16,18H,3-4,9-12H2,1-2H3/t16-,18-/m1/s1. The summed E-state index contributed by atoms with van der Waals surface area (Å²) in [6.45, 7) is 6.41. The normalized spacial score (nSPS) is 23.0. The summed E-state index contributed by atoms with van der Waals surface area (Å²) in [4.78, 5) is 15.2. The molecule has 2 aliphatic rings. The number of fused-ring (bicyclic) bond motifs is 1. The highest BCUT2D eigenvalue weighted by atomic mass is 79.9. The van der Waals surface area contributed by atoms with Crippen molar-refractivity contribution in [3.8, 4) is 5.69 Å². The van der Waals surface area contributed by atoms with Crippen molar-refractivity contribution in [3.05, 3.63) is 45.7 Å². The predicted octanol–water partition coefficient (Wildman–Crippen LogP) is 3.89. The number of carbonyl (C=O) groups is 1. The number of hydrogen-bond donors (Lipinski definition) is 0. The van der Waals surface area contributed by atoms with Gasteiger partial charge >= 0.3 is 0 Å². The molecule has 0 saturated carbocycles. The molecule has 4 rings (SSSR count). The highest BCUT2D eigenvalue weighted by Crippen LogP contribution is 2.31. The maximum absolute atomic E-state index is 13.1. The third-order valence-corrected chi connectivity index (χ3v) is 6.78. The first-order valence-corrected chi connectivity index (χ1v) is 10.1. The van der Waals surface area contributed by atoms with E-state index in [0.29, 0.717) is 12.0 Å². The van der Waals surface area contributed by atoms with Gasteiger partial charge in [0.05, 0.1) is 28.2 Å². The van der Waals surface area contributed by atoms with Crippen LogP contribution in [0.4, 0.5) is 0 Å². The van der Waals surface area contributed by atoms with Gasteiger partial charge in [-0.1, -0.05) is 0 Å². The number of hydrogen-bond acceptors (Lipinski definition) is 3. The van der Waals surface area contributed by atoms with Crippen LogP contribution in [0, 0.1) is 19.8 Å². The maximum atomic E-state index is 13.1. The first-order chi connectivity index (χ1) is 12.6. The molecule has 0 radical (unpaired) electrons. The predicted molar refractivity (Wildman–Crippen MR) is 104 cm³/mol. The summed E-state index contributed by atoms with van der Waals surface area (Å²) in [6.07, 6.45) is 3.18. The van der Waals surface area contributed by atoms with Crippen molar-refractivity contribution in [1.82, 2.24) is 14.7 Å². The minimum Gasteiger partial charge on any atom is -0.381 e. The number of aryl methyl sites for hydroxylation is 1. The molecular formula is C20H24BrN3O2. The molecule has 26 heavy (non-hydrogen) atoms. The van der Waals surface area contributed by atoms with Crippen LogP contribution >= 0.6 is 15.9 Å². The Balaban J connectivity index is 1.56. The molecule has 2 fully saturated rings. The van der Waals surface area contributed by atoms with Crippen LogP contribution in [-0.4, -0.2) is 46.4 Å². The van der Waals surface area contributed by atoms with E-state index < -0.39 is 0 Å². The zero-order valence-electron chi connectivity index (χ0n) is 15.2. The van der Waals surface area contributed by atoms with Crippen LogP contribution in [0.5, 0.6) is 0 Å². The fourth-order valence-electron chi connectivity index (χ4n) is 4.20. The minimum absolute atomic E-state index is 0.141. The minimum atomic E-state index is 0.141. The van der Waals surface area contributed by atoms with E-state index in [2.05, 4.69) is 25.9 Å². The number of ether oxygens (including phenoxy) is 1. The van der Waals surface area contributed by atoms with E-state index in [4.69, 9.17) is 4.74 Å². The van der Waals surface area contributed by atoms with Crippen LogP contribution in [-0.2, 0) is 4.74 Å². The SMILES string of the molecule is Cc1nn(-c2ccc(C(=O)N3CCC[C@@H]4COCC[C@H]43)cc2)c(C)c1Br. The van der Waals surface area contributed by atoms with Crippen molar-refractivity contribution in [1.29, 1.82) is 0 Å². The summed E-state index contributed by atoms with van der Waals surface area (Å²) >= 11 is 3.57. The number of nitrogens with zero attached hydrogens (tertiary/aromatic N) is 3. The molecular weight excluding hydrogens is 394 g/mol. The average Bonchev–Trinajstić information content (AvgIpc) is 2.94. The van der Waals surface area contributed by atoms with Gasteiger partial charge in [-0.3, -0.25) is 4.79 Å². The Bertz CT molecular complexity index is 813. The molecule has 2 saturated heterocycles. The van der Waals surface area contributed by atoms with E-state index in [-0.39, 0.29) is 5.91 Å². The van der Waals surface area contributed by atoms with Crippen molar-refractivity contribution in [2.45, 2.75) is 39.2 Å². The number of likely N-dealkylation sites (tertiary alicyclic amines) is 1. The first-order valence-electron chi connectivity index (χ1n) is 9.27. The second-order valence-electron chi connectivity index (χ2n) is 7.28. The summed E-state index contributed by atoms with van der Waals surface area (Å²) in [6, 6.07) is 8.13. The van der Waals surface area contributed by atoms with Crippen molar-refractivity contribution in [2.75, 3.05) is 19.8 Å². The maximum Gasteiger partial charge on any atom is 0.254 e. The molecule has 0 aliphatic carbocycles. The molecule has 1 aromatic carbocycles. The van der Waals surface area contributed by atoms with Crippen molar-refractivity contribution >= 4 is 21.8 Å². The van der Waals surface area contributed by atoms with E-state index in [1.54, 1.807) is 0 Å². The Hall–Kier alpha value is -1.66. The molecule has 0 bridgehead atoms. The number of halogens is 1. The second kappa shape index (κ2) is 7.16. The Morgan fingerprint density at radius 1 is 1.23 bits per heavy atom. The lowest BCUT2D eigenvalue weighted by atomic mass is 9.86. The van der Waals surface area contributed by atoms with Crippen LogP contribution in [0.25, 0.3) is 5.69 Å². The van der Waals surface area contributed by atoms with Crippen LogP contribution in [0.15, 0.2) is 28.7 Å². The second-order valence-corrected chi connectivity index (χ2v) is 8.07. The van der Waals surface area contributed by atoms with Gasteiger partial charge in [0, 0.05) is 30.7 Å². The monoisotopic (exact) mass is 417 g/mol. The van der Waals surface area contributed by atoms with Crippen molar-refractivity contribution in [3.63, 3.8) is 0 Å². The Kier molecular flexibility index (Phi) is 4.88. The molecule has 138 valence electrons. The number of rotatable bonds is 2. The third kappa shape index (κ3) is 3.09. The molecule has 2 aliphatic heterocycles. The molecule has 1 amide bonds. The highest BCUT2D eigenvalue weighted by Gasteiger charge is 2.36. The zero-order chi connectivity index (χ0) is 18.3. The van der Waals surface area contributed by atoms with Gasteiger partial charge in [-0.15, -0.1) is 0 Å². The van der Waals surface area contributed by atoms with Crippen LogP contribution in [0.2, 0.25) is 0 Å². The number of piperidine rings is 1. The number of amides is 1. The summed E-state index contributed by atoms with van der Waals surface area (Å²) in [5.41, 5.74) is 3.74. The van der Waals surface area contributed by atoms with E-state index in [1.807, 2.05) is 42.8 Å². The van der Waals surface area contributed by atoms with Gasteiger partial charge in [-0.05, 0) is 73.3 Å². The molecule has 6 heteroatoms. The van der Waals surface area contributed by atoms with Gasteiger partial charge in [-0.2, -0.15) is 5.10 Å². The number of aromatic nitrogens is 2. The number of carbonyl (C=O) groups excluding carboxylic acids is 1. The summed E-state index contributed by atoms with van der Waals surface area (Å²) < 4.78 is 8.54. The van der Waals surface area contributed by atoms with Gasteiger partial charge < -0.3 is 9.64 Å². The molecule has 2 aromatic rings. The molecule has 0 N–H and O–H groups in total. The van der Waals surface area contributed by atoms with E-state index in [9.17, 15) is 4.79 Å². The lowest BCUT2D eigenvalue weighted by Gasteiger charge is -2.43. The molecule has 2 atom stereocenters. The Morgan fingerprint density at radius 3 is 2.69 bits per heavy atom. The molecule has 0 spiro atoms. The summed E-state index contributed by atoms with van der Waals surface area (Å²) in [7, 11) is 0. The van der Waals surface area contributed by atoms with Gasteiger partial charge in [0.1, 0.15) is 0 Å². The van der Waals surface area contributed by atoms with Gasteiger partial charge in [0.2, 0.25) is 0 Å². The third-order valence-electron chi connectivity index (χ3n) is 5.63. The molecule has 3 heterocycles. The van der Waals surface area contributed by atoms with Gasteiger partial charge in [0.15, 0.2) is 0 Å². The van der Waals surface area contributed by atoms with Crippen LogP contribution < -0.4 is 0 Å². The van der Waals surface area contributed by atoms with E-state index in [1.165, 1.54) is 6.42 Å². The first kappa shape index (κ1) is 17.7. The fraction of sp³-hybridized carbons (Fsp3) is 0.500. The smallest absolute Gasteiger partial charge is 0.254 e. The van der Waals surface area contributed by atoms with Gasteiger partial charge in [0.25, 0.3) is 5.91 Å². The highest BCUT2D eigenvalue weighted by molar-refractivity contribution is 9.10. The zero-order valence-corrected chi connectivity index (χ0v) is 16.8. The van der Waals surface area contributed by atoms with Crippen molar-refractivity contribution < 1.29 is 9.53 Å². The quantitative estimate of drug-likeness (QED) is 0.744. The van der Waals surface area contributed by atoms with Crippen LogP contribution in [0.3, 0.4) is 0 Å². The van der Waals surface area contributed by atoms with E-state index in [0.717, 1.165) is 59.7 Å². The summed E-state index contributed by atoms with van der Waals surface area (Å²) in [5, 5.41) is 4.56.